The van der Waals surface area contributed by atoms with Crippen LogP contribution in [0, 0.1) is 11.8 Å². The van der Waals surface area contributed by atoms with Crippen LogP contribution in [0.4, 0.5) is 8.78 Å². The third kappa shape index (κ3) is 3.90. The molecular weight excluding hydrogens is 404 g/mol. The molecule has 0 saturated carbocycles. The van der Waals surface area contributed by atoms with Gasteiger partial charge in [-0.2, -0.15) is 4.39 Å². The minimum atomic E-state index is -4.06. The van der Waals surface area contributed by atoms with Gasteiger partial charge >= 0.3 is 0 Å². The fraction of sp³-hybridized carbons (Fsp3) is 0.125. The second-order valence-electron chi connectivity index (χ2n) is 5.08. The van der Waals surface area contributed by atoms with Gasteiger partial charge in [0.15, 0.2) is 4.21 Å². The van der Waals surface area contributed by atoms with Crippen LogP contribution in [0.1, 0.15) is 5.01 Å². The Bertz CT molecular complexity index is 1030. The van der Waals surface area contributed by atoms with Crippen molar-refractivity contribution in [2.24, 2.45) is 0 Å². The molecule has 0 amide bonds. The Morgan fingerprint density at radius 3 is 2.62 bits per heavy atom. The molecule has 0 bridgehead atoms. The second kappa shape index (κ2) is 8.17. The molecule has 10 heteroatoms. The van der Waals surface area contributed by atoms with E-state index in [2.05, 4.69) is 15.3 Å². The molecule has 0 radical (unpaired) electrons. The minimum Gasteiger partial charge on any atom is -0.314 e. The fourth-order valence-corrected chi connectivity index (χ4v) is 5.22. The lowest BCUT2D eigenvalue weighted by atomic mass is 10.2. The summed E-state index contributed by atoms with van der Waals surface area (Å²) in [6.45, 7) is 0.318. The van der Waals surface area contributed by atoms with E-state index < -0.39 is 21.6 Å². The van der Waals surface area contributed by atoms with Crippen molar-refractivity contribution in [3.8, 4) is 11.3 Å². The molecule has 138 valence electrons. The van der Waals surface area contributed by atoms with E-state index in [1.165, 1.54) is 30.5 Å². The first-order valence-electron chi connectivity index (χ1n) is 7.19. The number of halogens is 3. The van der Waals surface area contributed by atoms with E-state index in [9.17, 15) is 17.2 Å². The van der Waals surface area contributed by atoms with Crippen LogP contribution in [0.3, 0.4) is 0 Å². The van der Waals surface area contributed by atoms with Gasteiger partial charge in [-0.25, -0.2) is 22.8 Å². The molecule has 0 aliphatic rings. The molecule has 0 unspecified atom stereocenters. The highest BCUT2D eigenvalue weighted by atomic mass is 35.5. The first kappa shape index (κ1) is 20.4. The van der Waals surface area contributed by atoms with Crippen molar-refractivity contribution in [3.05, 3.63) is 59.4 Å². The average molecular weight is 418 g/mol. The van der Waals surface area contributed by atoms with Gasteiger partial charge < -0.3 is 5.32 Å². The van der Waals surface area contributed by atoms with Crippen LogP contribution in [0.2, 0.25) is 0 Å². The second-order valence-corrected chi connectivity index (χ2v) is 8.31. The Kier molecular flexibility index (Phi) is 6.40. The molecular formula is C16H14ClF2N3O2S2. The first-order chi connectivity index (χ1) is 11.9. The number of hydrogen-bond acceptors (Lipinski definition) is 6. The SMILES string of the molecule is CNCc1nc(-c2cccnc2F)c(S(=O)(=O)c2cccc(F)c2)s1.Cl. The number of thiazole rings is 1. The number of sulfone groups is 1. The van der Waals surface area contributed by atoms with E-state index in [-0.39, 0.29) is 32.8 Å². The Hall–Kier alpha value is -1.94. The van der Waals surface area contributed by atoms with Gasteiger partial charge in [0.1, 0.15) is 16.5 Å². The summed E-state index contributed by atoms with van der Waals surface area (Å²) in [7, 11) is -2.37. The van der Waals surface area contributed by atoms with Gasteiger partial charge in [-0.1, -0.05) is 6.07 Å². The summed E-state index contributed by atoms with van der Waals surface area (Å²) in [5.41, 5.74) is -0.0406. The molecule has 0 aliphatic heterocycles. The summed E-state index contributed by atoms with van der Waals surface area (Å²) in [6, 6.07) is 7.58. The summed E-state index contributed by atoms with van der Waals surface area (Å²) in [4.78, 5) is 7.59. The van der Waals surface area contributed by atoms with Crippen molar-refractivity contribution in [3.63, 3.8) is 0 Å². The highest BCUT2D eigenvalue weighted by molar-refractivity contribution is 7.93. The van der Waals surface area contributed by atoms with Crippen molar-refractivity contribution in [2.75, 3.05) is 7.05 Å². The molecule has 1 N–H and O–H groups in total. The van der Waals surface area contributed by atoms with Crippen molar-refractivity contribution in [1.82, 2.24) is 15.3 Å². The standard InChI is InChI=1S/C16H13F2N3O2S2.ClH/c1-19-9-13-21-14(12-6-3-7-20-15(12)18)16(24-13)25(22,23)11-5-2-4-10(17)8-11;/h2-8,19H,9H2,1H3;1H. The summed E-state index contributed by atoms with van der Waals surface area (Å²) < 4.78 is 53.3. The van der Waals surface area contributed by atoms with Crippen molar-refractivity contribution >= 4 is 33.6 Å². The zero-order valence-corrected chi connectivity index (χ0v) is 15.9. The van der Waals surface area contributed by atoms with Gasteiger partial charge in [0.05, 0.1) is 10.5 Å². The van der Waals surface area contributed by atoms with E-state index in [1.54, 1.807) is 7.05 Å². The van der Waals surface area contributed by atoms with Gasteiger partial charge in [0, 0.05) is 12.7 Å². The highest BCUT2D eigenvalue weighted by Gasteiger charge is 2.28. The number of hydrogen-bond donors (Lipinski definition) is 1. The van der Waals surface area contributed by atoms with Crippen LogP contribution < -0.4 is 5.32 Å². The lowest BCUT2D eigenvalue weighted by molar-refractivity contribution is 0.585. The first-order valence-corrected chi connectivity index (χ1v) is 9.49. The summed E-state index contributed by atoms with van der Waals surface area (Å²) in [6.07, 6.45) is 1.26. The highest BCUT2D eigenvalue weighted by Crippen LogP contribution is 2.36. The fourth-order valence-electron chi connectivity index (χ4n) is 2.23. The number of nitrogens with one attached hydrogen (secondary N) is 1. The van der Waals surface area contributed by atoms with Crippen molar-refractivity contribution < 1.29 is 17.2 Å². The van der Waals surface area contributed by atoms with E-state index >= 15 is 0 Å². The Morgan fingerprint density at radius 2 is 1.96 bits per heavy atom. The largest absolute Gasteiger partial charge is 0.314 e. The molecule has 2 heterocycles. The van der Waals surface area contributed by atoms with Crippen LogP contribution in [0.5, 0.6) is 0 Å². The molecule has 0 aliphatic carbocycles. The lowest BCUT2D eigenvalue weighted by Gasteiger charge is -2.05. The molecule has 26 heavy (non-hydrogen) atoms. The maximum atomic E-state index is 14.1. The molecule has 3 aromatic rings. The van der Waals surface area contributed by atoms with Gasteiger partial charge in [-0.3, -0.25) is 0 Å². The smallest absolute Gasteiger partial charge is 0.222 e. The zero-order chi connectivity index (χ0) is 18.0. The van der Waals surface area contributed by atoms with Crippen LogP contribution in [0.15, 0.2) is 51.7 Å². The molecule has 3 rings (SSSR count). The zero-order valence-electron chi connectivity index (χ0n) is 13.4. The normalized spacial score (nSPS) is 11.2. The lowest BCUT2D eigenvalue weighted by Crippen LogP contribution is -2.04. The maximum absolute atomic E-state index is 14.1. The van der Waals surface area contributed by atoms with E-state index in [4.69, 9.17) is 0 Å². The van der Waals surface area contributed by atoms with Crippen molar-refractivity contribution in [1.29, 1.82) is 0 Å². The number of nitrogens with zero attached hydrogens (tertiary/aromatic N) is 2. The van der Waals surface area contributed by atoms with Crippen LogP contribution >= 0.6 is 23.7 Å². The van der Waals surface area contributed by atoms with Crippen molar-refractivity contribution in [2.45, 2.75) is 15.6 Å². The van der Waals surface area contributed by atoms with E-state index in [0.717, 1.165) is 23.5 Å². The number of aromatic nitrogens is 2. The number of benzene rings is 1. The summed E-state index contributed by atoms with van der Waals surface area (Å²) in [5, 5.41) is 3.34. The predicted molar refractivity (Wildman–Crippen MR) is 97.2 cm³/mol. The summed E-state index contributed by atoms with van der Waals surface area (Å²) in [5.74, 6) is -1.49. The quantitative estimate of drug-likeness (QED) is 0.644. The Morgan fingerprint density at radius 1 is 1.19 bits per heavy atom. The van der Waals surface area contributed by atoms with Gasteiger partial charge in [-0.05, 0) is 37.4 Å². The molecule has 0 fully saturated rings. The molecule has 0 spiro atoms. The Balaban J connectivity index is 0.00000243. The van der Waals surface area contributed by atoms with Crippen LogP contribution in [-0.2, 0) is 16.4 Å². The molecule has 5 nitrogen and oxygen atoms in total. The Labute approximate surface area is 159 Å². The molecule has 1 aromatic carbocycles. The third-order valence-corrected chi connectivity index (χ3v) is 6.65. The minimum absolute atomic E-state index is 0. The van der Waals surface area contributed by atoms with Gasteiger partial charge in [0.25, 0.3) is 0 Å². The van der Waals surface area contributed by atoms with Gasteiger partial charge in [0.2, 0.25) is 15.8 Å². The van der Waals surface area contributed by atoms with Crippen LogP contribution in [-0.4, -0.2) is 25.4 Å². The van der Waals surface area contributed by atoms with E-state index in [0.29, 0.717) is 11.6 Å². The number of rotatable bonds is 5. The average Bonchev–Trinajstić information content (AvgIpc) is 3.00. The van der Waals surface area contributed by atoms with E-state index in [1.807, 2.05) is 0 Å². The van der Waals surface area contributed by atoms with Gasteiger partial charge in [-0.15, -0.1) is 23.7 Å². The maximum Gasteiger partial charge on any atom is 0.222 e. The molecule has 0 atom stereocenters. The van der Waals surface area contributed by atoms with Crippen LogP contribution in [0.25, 0.3) is 11.3 Å². The third-order valence-electron chi connectivity index (χ3n) is 3.33. The predicted octanol–water partition coefficient (Wildman–Crippen LogP) is 3.46. The topological polar surface area (TPSA) is 72.0 Å². The monoisotopic (exact) mass is 417 g/mol. The molecule has 2 aromatic heterocycles. The summed E-state index contributed by atoms with van der Waals surface area (Å²) >= 11 is 0.917. The number of pyridine rings is 1. The molecule has 0 saturated heterocycles.